The summed E-state index contributed by atoms with van der Waals surface area (Å²) in [7, 11) is 1.67. The normalized spacial score (nSPS) is 17.4. The van der Waals surface area contributed by atoms with E-state index < -0.39 is 17.8 Å². The quantitative estimate of drug-likeness (QED) is 0.304. The lowest BCUT2D eigenvalue weighted by atomic mass is 10.1. The Bertz CT molecular complexity index is 1580. The van der Waals surface area contributed by atoms with Crippen molar-refractivity contribution in [3.05, 3.63) is 94.4 Å². The van der Waals surface area contributed by atoms with Gasteiger partial charge in [-0.15, -0.1) is 0 Å². The van der Waals surface area contributed by atoms with Gasteiger partial charge in [-0.2, -0.15) is 0 Å². The van der Waals surface area contributed by atoms with Crippen molar-refractivity contribution in [2.24, 2.45) is 4.99 Å². The van der Waals surface area contributed by atoms with Gasteiger partial charge in [-0.1, -0.05) is 18.2 Å². The number of aliphatic imine (C=N–C) groups is 1. The molecule has 2 aliphatic heterocycles. The van der Waals surface area contributed by atoms with E-state index in [1.807, 2.05) is 24.3 Å². The van der Waals surface area contributed by atoms with Crippen molar-refractivity contribution >= 4 is 63.3 Å². The van der Waals surface area contributed by atoms with Crippen molar-refractivity contribution in [1.82, 2.24) is 0 Å². The molecule has 3 aromatic rings. The molecule has 0 N–H and O–H groups in total. The fourth-order valence-electron chi connectivity index (χ4n) is 4.37. The molecule has 2 aliphatic rings. The van der Waals surface area contributed by atoms with Gasteiger partial charge in [-0.25, -0.2) is 14.6 Å². The maximum Gasteiger partial charge on any atom is 0.338 e. The molecule has 0 spiro atoms. The molecule has 0 radical (unpaired) electrons. The van der Waals surface area contributed by atoms with Gasteiger partial charge in [0, 0.05) is 12.6 Å². The number of rotatable bonds is 6. The Morgan fingerprint density at radius 1 is 0.800 bits per heavy atom. The highest BCUT2D eigenvalue weighted by Gasteiger charge is 2.42. The molecule has 10 heteroatoms. The Hall–Kier alpha value is -4.70. The summed E-state index contributed by atoms with van der Waals surface area (Å²) in [6, 6.07) is 20.2. The molecule has 5 rings (SSSR count). The van der Waals surface area contributed by atoms with E-state index in [4.69, 9.17) is 14.5 Å². The Balaban J connectivity index is 1.59. The van der Waals surface area contributed by atoms with Crippen molar-refractivity contribution in [1.29, 1.82) is 0 Å². The number of likely N-dealkylation sites (N-methyl/N-ethyl adjacent to an activating group) is 1. The number of esters is 2. The van der Waals surface area contributed by atoms with Crippen molar-refractivity contribution in [3.8, 4) is 0 Å². The standard InChI is InChI=1S/C30H25N3O6S/c1-4-38-28(36)18-10-14-20(15-11-18)31-30-33(21-16-12-19(13-17-21)29(37)39-5-2)27(35)25(40-30)24-22-8-6-7-9-23(22)32(3)26(24)34/h6-17H,4-5H2,1-3H3/b25-24-,31-30?. The minimum Gasteiger partial charge on any atom is -0.462 e. The molecule has 0 aliphatic carbocycles. The zero-order valence-corrected chi connectivity index (χ0v) is 22.9. The summed E-state index contributed by atoms with van der Waals surface area (Å²) in [5.74, 6) is -1.60. The maximum atomic E-state index is 13.9. The summed E-state index contributed by atoms with van der Waals surface area (Å²) in [4.78, 5) is 59.3. The zero-order chi connectivity index (χ0) is 28.4. The first-order valence-electron chi connectivity index (χ1n) is 12.6. The van der Waals surface area contributed by atoms with Crippen LogP contribution >= 0.6 is 11.8 Å². The number of amidine groups is 1. The molecule has 3 aromatic carbocycles. The van der Waals surface area contributed by atoms with Crippen molar-refractivity contribution < 1.29 is 28.7 Å². The second kappa shape index (κ2) is 11.2. The summed E-state index contributed by atoms with van der Waals surface area (Å²) in [5.41, 5.74) is 3.39. The SMILES string of the molecule is CCOC(=O)c1ccc(N=C2S/C(=C3\C(=O)N(C)c4ccccc43)C(=O)N2c2ccc(C(=O)OCC)cc2)cc1. The third-order valence-corrected chi connectivity index (χ3v) is 7.34. The number of carbonyl (C=O) groups is 4. The van der Waals surface area contributed by atoms with Crippen LogP contribution in [0.3, 0.4) is 0 Å². The fraction of sp³-hybridized carbons (Fsp3) is 0.167. The predicted molar refractivity (Wildman–Crippen MR) is 154 cm³/mol. The van der Waals surface area contributed by atoms with E-state index in [1.54, 1.807) is 69.4 Å². The second-order valence-electron chi connectivity index (χ2n) is 8.76. The van der Waals surface area contributed by atoms with Crippen LogP contribution in [0.2, 0.25) is 0 Å². The van der Waals surface area contributed by atoms with Crippen LogP contribution in [0.5, 0.6) is 0 Å². The van der Waals surface area contributed by atoms with Crippen molar-refractivity contribution in [2.75, 3.05) is 30.1 Å². The second-order valence-corrected chi connectivity index (χ2v) is 9.73. The molecule has 9 nitrogen and oxygen atoms in total. The van der Waals surface area contributed by atoms with Crippen LogP contribution in [0.1, 0.15) is 40.1 Å². The van der Waals surface area contributed by atoms with Gasteiger partial charge in [-0.05, 0) is 80.2 Å². The lowest BCUT2D eigenvalue weighted by molar-refractivity contribution is -0.115. The summed E-state index contributed by atoms with van der Waals surface area (Å²) in [6.07, 6.45) is 0. The summed E-state index contributed by atoms with van der Waals surface area (Å²) < 4.78 is 10.1. The first-order chi connectivity index (χ1) is 19.3. The molecule has 2 heterocycles. The lowest BCUT2D eigenvalue weighted by Gasteiger charge is -2.16. The predicted octanol–water partition coefficient (Wildman–Crippen LogP) is 5.20. The van der Waals surface area contributed by atoms with E-state index in [-0.39, 0.29) is 24.0 Å². The van der Waals surface area contributed by atoms with Gasteiger partial charge in [0.1, 0.15) is 0 Å². The number of fused-ring (bicyclic) bond motifs is 1. The Morgan fingerprint density at radius 3 is 1.98 bits per heavy atom. The molecule has 202 valence electrons. The molecule has 40 heavy (non-hydrogen) atoms. The van der Waals surface area contributed by atoms with Gasteiger partial charge in [0.25, 0.3) is 11.8 Å². The van der Waals surface area contributed by atoms with Gasteiger partial charge in [0.05, 0.1) is 51.9 Å². The molecule has 0 aromatic heterocycles. The van der Waals surface area contributed by atoms with Gasteiger partial charge in [0.15, 0.2) is 5.17 Å². The van der Waals surface area contributed by atoms with E-state index in [0.29, 0.717) is 44.5 Å². The summed E-state index contributed by atoms with van der Waals surface area (Å²) >= 11 is 1.10. The van der Waals surface area contributed by atoms with E-state index >= 15 is 0 Å². The molecule has 1 fully saturated rings. The van der Waals surface area contributed by atoms with Crippen LogP contribution in [0.15, 0.2) is 82.7 Å². The molecular weight excluding hydrogens is 530 g/mol. The first-order valence-corrected chi connectivity index (χ1v) is 13.4. The number of hydrogen-bond donors (Lipinski definition) is 0. The average Bonchev–Trinajstić information content (AvgIpc) is 3.41. The lowest BCUT2D eigenvalue weighted by Crippen LogP contribution is -2.29. The summed E-state index contributed by atoms with van der Waals surface area (Å²) in [5, 5.41) is 0.320. The number of benzene rings is 3. The average molecular weight is 556 g/mol. The Kier molecular flexibility index (Phi) is 7.52. The third kappa shape index (κ3) is 4.89. The van der Waals surface area contributed by atoms with Crippen molar-refractivity contribution in [3.63, 3.8) is 0 Å². The highest BCUT2D eigenvalue weighted by atomic mass is 32.2. The highest BCUT2D eigenvalue weighted by Crippen LogP contribution is 2.45. The number of ether oxygens (including phenoxy) is 2. The molecule has 0 atom stereocenters. The number of nitrogens with zero attached hydrogens (tertiary/aromatic N) is 3. The van der Waals surface area contributed by atoms with Crippen LogP contribution in [0.25, 0.3) is 5.57 Å². The van der Waals surface area contributed by atoms with Crippen LogP contribution < -0.4 is 9.80 Å². The van der Waals surface area contributed by atoms with E-state index in [2.05, 4.69) is 0 Å². The van der Waals surface area contributed by atoms with Crippen LogP contribution in [-0.4, -0.2) is 49.2 Å². The minimum atomic E-state index is -0.467. The molecule has 1 saturated heterocycles. The zero-order valence-electron chi connectivity index (χ0n) is 22.0. The minimum absolute atomic E-state index is 0.245. The van der Waals surface area contributed by atoms with Gasteiger partial charge in [0.2, 0.25) is 0 Å². The van der Waals surface area contributed by atoms with Crippen LogP contribution in [0, 0.1) is 0 Å². The fourth-order valence-corrected chi connectivity index (χ4v) is 5.47. The number of carbonyl (C=O) groups excluding carboxylic acids is 4. The number of anilines is 2. The van der Waals surface area contributed by atoms with Gasteiger partial charge in [-0.3, -0.25) is 14.5 Å². The molecular formula is C30H25N3O6S. The molecule has 0 unspecified atom stereocenters. The topological polar surface area (TPSA) is 106 Å². The number of para-hydroxylation sites is 1. The largest absolute Gasteiger partial charge is 0.462 e. The Morgan fingerprint density at radius 2 is 1.38 bits per heavy atom. The molecule has 0 saturated carbocycles. The van der Waals surface area contributed by atoms with Gasteiger partial charge < -0.3 is 14.4 Å². The monoisotopic (exact) mass is 555 g/mol. The molecule has 2 amide bonds. The van der Waals surface area contributed by atoms with E-state index in [0.717, 1.165) is 11.8 Å². The third-order valence-electron chi connectivity index (χ3n) is 6.30. The van der Waals surface area contributed by atoms with Crippen LogP contribution in [-0.2, 0) is 19.1 Å². The Labute approximate surface area is 235 Å². The van der Waals surface area contributed by atoms with E-state index in [1.165, 1.54) is 9.80 Å². The first kappa shape index (κ1) is 26.9. The van der Waals surface area contributed by atoms with Crippen LogP contribution in [0.4, 0.5) is 17.1 Å². The van der Waals surface area contributed by atoms with E-state index in [9.17, 15) is 19.2 Å². The number of thioether (sulfide) groups is 1. The summed E-state index contributed by atoms with van der Waals surface area (Å²) in [6.45, 7) is 3.97. The van der Waals surface area contributed by atoms with Gasteiger partial charge >= 0.3 is 11.9 Å². The molecule has 0 bridgehead atoms. The highest BCUT2D eigenvalue weighted by molar-refractivity contribution is 8.19. The number of amides is 2. The van der Waals surface area contributed by atoms with Crippen molar-refractivity contribution in [2.45, 2.75) is 13.8 Å². The maximum absolute atomic E-state index is 13.9. The smallest absolute Gasteiger partial charge is 0.338 e. The number of hydrogen-bond acceptors (Lipinski definition) is 8.